The minimum Gasteiger partial charge on any atom is -0.618 e. The molecule has 3 rings (SSSR count). The van der Waals surface area contributed by atoms with Crippen molar-refractivity contribution in [3.8, 4) is 0 Å². The van der Waals surface area contributed by atoms with Gasteiger partial charge in [0.15, 0.2) is 6.20 Å². The number of nitrogens with one attached hydrogen (secondary N) is 1. The van der Waals surface area contributed by atoms with E-state index in [2.05, 4.69) is 34.5 Å². The van der Waals surface area contributed by atoms with Gasteiger partial charge in [0, 0.05) is 31.8 Å². The highest BCUT2D eigenvalue weighted by Crippen LogP contribution is 2.18. The zero-order valence-corrected chi connectivity index (χ0v) is 13.7. The number of nitrogens with zero attached hydrogens (tertiary/aromatic N) is 2. The van der Waals surface area contributed by atoms with Crippen molar-refractivity contribution in [1.29, 1.82) is 0 Å². The zero-order chi connectivity index (χ0) is 16.8. The topological polar surface area (TPSA) is 59.3 Å². The van der Waals surface area contributed by atoms with Crippen LogP contribution in [0.4, 0.5) is 0 Å². The van der Waals surface area contributed by atoms with Gasteiger partial charge in [-0.2, -0.15) is 4.73 Å². The predicted octanol–water partition coefficient (Wildman–Crippen LogP) is 1.96. The van der Waals surface area contributed by atoms with Gasteiger partial charge < -0.3 is 10.5 Å². The van der Waals surface area contributed by atoms with Crippen LogP contribution in [0.1, 0.15) is 28.9 Å². The van der Waals surface area contributed by atoms with Crippen molar-refractivity contribution in [1.82, 2.24) is 10.2 Å². The summed E-state index contributed by atoms with van der Waals surface area (Å²) in [5.41, 5.74) is 1.47. The summed E-state index contributed by atoms with van der Waals surface area (Å²) in [6, 6.07) is 15.3. The van der Waals surface area contributed by atoms with E-state index >= 15 is 0 Å². The van der Waals surface area contributed by atoms with Crippen molar-refractivity contribution >= 4 is 5.91 Å². The summed E-state index contributed by atoms with van der Waals surface area (Å²) < 4.78 is 0.609. The van der Waals surface area contributed by atoms with E-state index in [1.165, 1.54) is 11.8 Å². The molecule has 0 radical (unpaired) electrons. The maximum atomic E-state index is 12.1. The largest absolute Gasteiger partial charge is 0.618 e. The van der Waals surface area contributed by atoms with Crippen LogP contribution >= 0.6 is 0 Å². The number of carbonyl (C=O) groups excluding carboxylic acids is 1. The standard InChI is InChI=1S/C19H23N3O2/c23-19(18-10-4-5-12-22(18)24)20-13-17-9-6-11-21(15-17)14-16-7-2-1-3-8-16/h1-5,7-8,10,12,17H,6,9,11,13-15H2,(H,20,23)/t17-/m1/s1. The lowest BCUT2D eigenvalue weighted by atomic mass is 9.97. The Kier molecular flexibility index (Phi) is 5.43. The molecule has 1 saturated heterocycles. The SMILES string of the molecule is O=C(NC[C@H]1CCCN(Cc2ccccc2)C1)c1cccc[n+]1[O-]. The first-order chi connectivity index (χ1) is 11.7. The summed E-state index contributed by atoms with van der Waals surface area (Å²) in [6.45, 7) is 3.63. The van der Waals surface area contributed by atoms with E-state index in [1.54, 1.807) is 18.2 Å². The summed E-state index contributed by atoms with van der Waals surface area (Å²) >= 11 is 0. The number of pyridine rings is 1. The van der Waals surface area contributed by atoms with Gasteiger partial charge in [0.25, 0.3) is 5.69 Å². The smallest absolute Gasteiger partial charge is 0.317 e. The van der Waals surface area contributed by atoms with Gasteiger partial charge in [-0.05, 0) is 36.9 Å². The molecule has 0 bridgehead atoms. The third kappa shape index (κ3) is 4.32. The predicted molar refractivity (Wildman–Crippen MR) is 92.2 cm³/mol. The van der Waals surface area contributed by atoms with Crippen molar-refractivity contribution in [3.05, 3.63) is 71.2 Å². The molecule has 2 heterocycles. The molecule has 1 atom stereocenters. The van der Waals surface area contributed by atoms with Crippen LogP contribution in [-0.2, 0) is 6.54 Å². The molecule has 1 aromatic carbocycles. The molecule has 1 N–H and O–H groups in total. The Bertz CT molecular complexity index is 675. The van der Waals surface area contributed by atoms with E-state index in [1.807, 2.05) is 6.07 Å². The lowest BCUT2D eigenvalue weighted by molar-refractivity contribution is -0.607. The maximum absolute atomic E-state index is 12.1. The van der Waals surface area contributed by atoms with Gasteiger partial charge >= 0.3 is 5.91 Å². The number of likely N-dealkylation sites (tertiary alicyclic amines) is 1. The molecule has 1 aliphatic rings. The van der Waals surface area contributed by atoms with Crippen LogP contribution in [0.25, 0.3) is 0 Å². The van der Waals surface area contributed by atoms with E-state index < -0.39 is 0 Å². The Balaban J connectivity index is 1.50. The molecule has 1 amide bonds. The highest BCUT2D eigenvalue weighted by molar-refractivity contribution is 5.90. The molecule has 0 unspecified atom stereocenters. The number of rotatable bonds is 5. The highest BCUT2D eigenvalue weighted by Gasteiger charge is 2.22. The molecular weight excluding hydrogens is 302 g/mol. The fourth-order valence-corrected chi connectivity index (χ4v) is 3.23. The van der Waals surface area contributed by atoms with E-state index in [-0.39, 0.29) is 11.6 Å². The van der Waals surface area contributed by atoms with Gasteiger partial charge in [-0.3, -0.25) is 9.69 Å². The number of benzene rings is 1. The van der Waals surface area contributed by atoms with Crippen LogP contribution in [0.5, 0.6) is 0 Å². The number of hydrogen-bond acceptors (Lipinski definition) is 3. The molecule has 1 aromatic heterocycles. The number of piperidine rings is 1. The van der Waals surface area contributed by atoms with Crippen LogP contribution in [-0.4, -0.2) is 30.4 Å². The van der Waals surface area contributed by atoms with Crippen LogP contribution in [0.2, 0.25) is 0 Å². The normalized spacial score (nSPS) is 18.2. The molecule has 5 heteroatoms. The van der Waals surface area contributed by atoms with Gasteiger partial charge in [0.1, 0.15) is 0 Å². The monoisotopic (exact) mass is 325 g/mol. The summed E-state index contributed by atoms with van der Waals surface area (Å²) in [5, 5.41) is 14.5. The van der Waals surface area contributed by atoms with Crippen molar-refractivity contribution in [3.63, 3.8) is 0 Å². The van der Waals surface area contributed by atoms with Crippen LogP contribution in [0.15, 0.2) is 54.7 Å². The quantitative estimate of drug-likeness (QED) is 0.675. The molecule has 0 aliphatic carbocycles. The molecular formula is C19H23N3O2. The Morgan fingerprint density at radius 3 is 2.79 bits per heavy atom. The second kappa shape index (κ2) is 7.93. The summed E-state index contributed by atoms with van der Waals surface area (Å²) in [7, 11) is 0. The van der Waals surface area contributed by atoms with Gasteiger partial charge in [0.05, 0.1) is 0 Å². The Morgan fingerprint density at radius 2 is 2.00 bits per heavy atom. The van der Waals surface area contributed by atoms with Crippen molar-refractivity contribution in [2.75, 3.05) is 19.6 Å². The third-order valence-corrected chi connectivity index (χ3v) is 4.46. The summed E-state index contributed by atoms with van der Waals surface area (Å²) in [5.74, 6) is 0.126. The van der Waals surface area contributed by atoms with Gasteiger partial charge in [-0.1, -0.05) is 30.3 Å². The summed E-state index contributed by atoms with van der Waals surface area (Å²) in [4.78, 5) is 14.6. The average Bonchev–Trinajstić information content (AvgIpc) is 2.61. The zero-order valence-electron chi connectivity index (χ0n) is 13.7. The van der Waals surface area contributed by atoms with Gasteiger partial charge in [-0.15, -0.1) is 0 Å². The third-order valence-electron chi connectivity index (χ3n) is 4.46. The fraction of sp³-hybridized carbons (Fsp3) is 0.368. The molecule has 24 heavy (non-hydrogen) atoms. The average molecular weight is 325 g/mol. The second-order valence-electron chi connectivity index (χ2n) is 6.35. The maximum Gasteiger partial charge on any atom is 0.317 e. The minimum atomic E-state index is -0.300. The Morgan fingerprint density at radius 1 is 1.21 bits per heavy atom. The molecule has 0 saturated carbocycles. The first kappa shape index (κ1) is 16.5. The number of amides is 1. The minimum absolute atomic E-state index is 0.148. The number of aromatic nitrogens is 1. The lowest BCUT2D eigenvalue weighted by Gasteiger charge is -2.32. The van der Waals surface area contributed by atoms with Crippen molar-refractivity contribution in [2.45, 2.75) is 19.4 Å². The van der Waals surface area contributed by atoms with E-state index in [0.29, 0.717) is 17.2 Å². The highest BCUT2D eigenvalue weighted by atomic mass is 16.5. The second-order valence-corrected chi connectivity index (χ2v) is 6.35. The molecule has 126 valence electrons. The van der Waals surface area contributed by atoms with Crippen LogP contribution in [0, 0.1) is 11.1 Å². The number of hydrogen-bond donors (Lipinski definition) is 1. The number of carbonyl (C=O) groups is 1. The van der Waals surface area contributed by atoms with Gasteiger partial charge in [0.2, 0.25) is 0 Å². The van der Waals surface area contributed by atoms with Crippen molar-refractivity contribution in [2.24, 2.45) is 5.92 Å². The summed E-state index contributed by atoms with van der Waals surface area (Å²) in [6.07, 6.45) is 3.59. The van der Waals surface area contributed by atoms with Crippen molar-refractivity contribution < 1.29 is 9.52 Å². The Labute approximate surface area is 142 Å². The first-order valence-electron chi connectivity index (χ1n) is 8.45. The van der Waals surface area contributed by atoms with Gasteiger partial charge in [-0.25, -0.2) is 0 Å². The molecule has 1 fully saturated rings. The Hall–Kier alpha value is -2.40. The molecule has 2 aromatic rings. The van der Waals surface area contributed by atoms with E-state index in [4.69, 9.17) is 0 Å². The molecule has 1 aliphatic heterocycles. The molecule has 0 spiro atoms. The van der Waals surface area contributed by atoms with E-state index in [9.17, 15) is 10.0 Å². The fourth-order valence-electron chi connectivity index (χ4n) is 3.23. The van der Waals surface area contributed by atoms with Crippen LogP contribution < -0.4 is 10.0 Å². The van der Waals surface area contributed by atoms with E-state index in [0.717, 1.165) is 32.5 Å². The first-order valence-corrected chi connectivity index (χ1v) is 8.45. The van der Waals surface area contributed by atoms with Crippen LogP contribution in [0.3, 0.4) is 0 Å². The lowest BCUT2D eigenvalue weighted by Crippen LogP contribution is -2.43. The molecule has 5 nitrogen and oxygen atoms in total.